The van der Waals surface area contributed by atoms with Crippen LogP contribution in [0.5, 0.6) is 0 Å². The fraction of sp³-hybridized carbons (Fsp3) is 0.316. The van der Waals surface area contributed by atoms with Crippen LogP contribution in [-0.4, -0.2) is 26.0 Å². The van der Waals surface area contributed by atoms with Gasteiger partial charge >= 0.3 is 6.18 Å². The number of nitrogens with zero attached hydrogens (tertiary/aromatic N) is 3. The molecule has 2 heterocycles. The van der Waals surface area contributed by atoms with E-state index in [1.54, 1.807) is 19.9 Å². The van der Waals surface area contributed by atoms with Crippen LogP contribution in [0.4, 0.5) is 13.2 Å². The number of halogens is 4. The van der Waals surface area contributed by atoms with E-state index in [9.17, 15) is 23.1 Å². The van der Waals surface area contributed by atoms with Crippen LogP contribution in [0.25, 0.3) is 16.4 Å². The summed E-state index contributed by atoms with van der Waals surface area (Å²) in [6, 6.07) is 4.07. The van der Waals surface area contributed by atoms with E-state index in [1.165, 1.54) is 17.8 Å². The largest absolute Gasteiger partial charge is 0.543 e. The monoisotopic (exact) mass is 518 g/mol. The number of alkyl halides is 3. The molecule has 3 aromatic rings. The maximum absolute atomic E-state index is 13.7. The van der Waals surface area contributed by atoms with Crippen LogP contribution in [0.3, 0.4) is 0 Å². The first-order valence-corrected chi connectivity index (χ1v) is 11.2. The average molecular weight is 519 g/mol. The standard InChI is InChI=1S/C19H17BrF3N3O2S2/c1-8(2)29-17-14(11-6-5-9(3)7-12(11)19(21,22)23)24-18(30-17)26-15(16(27)28)13(20)10(4)25-26/h5-8H,1-4H3,(H,27,28)/p-1. The van der Waals surface area contributed by atoms with Gasteiger partial charge in [-0.2, -0.15) is 18.3 Å². The maximum Gasteiger partial charge on any atom is 0.417 e. The van der Waals surface area contributed by atoms with E-state index in [1.807, 2.05) is 13.8 Å². The molecular formula is C19H16BrF3N3O2S2-. The van der Waals surface area contributed by atoms with Crippen LogP contribution in [0.15, 0.2) is 26.9 Å². The fourth-order valence-electron chi connectivity index (χ4n) is 2.77. The minimum atomic E-state index is -4.56. The third kappa shape index (κ3) is 4.42. The highest BCUT2D eigenvalue weighted by molar-refractivity contribution is 9.10. The van der Waals surface area contributed by atoms with Crippen molar-refractivity contribution in [3.8, 4) is 16.4 Å². The van der Waals surface area contributed by atoms with Gasteiger partial charge in [-0.1, -0.05) is 42.9 Å². The number of carboxylic acid groups (broad SMARTS) is 1. The summed E-state index contributed by atoms with van der Waals surface area (Å²) in [5.74, 6) is -1.47. The van der Waals surface area contributed by atoms with E-state index in [0.29, 0.717) is 15.5 Å². The lowest BCUT2D eigenvalue weighted by Crippen LogP contribution is -2.26. The summed E-state index contributed by atoms with van der Waals surface area (Å²) >= 11 is 5.62. The van der Waals surface area contributed by atoms with Gasteiger partial charge in [-0.25, -0.2) is 9.67 Å². The SMILES string of the molecule is Cc1ccc(-c2nc(-n3nc(C)c(Br)c3C(=O)[O-])sc2SC(C)C)c(C(F)(F)F)c1. The highest BCUT2D eigenvalue weighted by Gasteiger charge is 2.35. The molecule has 0 atom stereocenters. The van der Waals surface area contributed by atoms with Crippen molar-refractivity contribution in [2.24, 2.45) is 0 Å². The van der Waals surface area contributed by atoms with Gasteiger partial charge < -0.3 is 9.90 Å². The second-order valence-corrected chi connectivity index (χ2v) is 10.4. The predicted octanol–water partition coefficient (Wildman–Crippen LogP) is 5.26. The van der Waals surface area contributed by atoms with Crippen LogP contribution < -0.4 is 5.11 Å². The molecule has 0 unspecified atom stereocenters. The predicted molar refractivity (Wildman–Crippen MR) is 112 cm³/mol. The number of aryl methyl sites for hydroxylation is 2. The highest BCUT2D eigenvalue weighted by atomic mass is 79.9. The topological polar surface area (TPSA) is 70.8 Å². The second kappa shape index (κ2) is 8.35. The molecule has 11 heteroatoms. The smallest absolute Gasteiger partial charge is 0.417 e. The highest BCUT2D eigenvalue weighted by Crippen LogP contribution is 2.44. The number of rotatable bonds is 5. The third-order valence-electron chi connectivity index (χ3n) is 4.03. The van der Waals surface area contributed by atoms with Gasteiger partial charge in [0.25, 0.3) is 0 Å². The Morgan fingerprint density at radius 1 is 1.30 bits per heavy atom. The number of thioether (sulfide) groups is 1. The molecule has 0 N–H and O–H groups in total. The average Bonchev–Trinajstić information content (AvgIpc) is 3.15. The minimum absolute atomic E-state index is 0.0586. The fourth-order valence-corrected chi connectivity index (χ4v) is 5.64. The number of aromatic nitrogens is 3. The molecule has 0 bridgehead atoms. The molecule has 5 nitrogen and oxygen atoms in total. The van der Waals surface area contributed by atoms with E-state index in [2.05, 4.69) is 26.0 Å². The van der Waals surface area contributed by atoms with Gasteiger partial charge in [0.05, 0.1) is 31.6 Å². The normalized spacial score (nSPS) is 12.0. The van der Waals surface area contributed by atoms with E-state index < -0.39 is 17.7 Å². The molecule has 0 spiro atoms. The van der Waals surface area contributed by atoms with Crippen molar-refractivity contribution >= 4 is 45.0 Å². The van der Waals surface area contributed by atoms with E-state index in [0.717, 1.165) is 22.1 Å². The summed E-state index contributed by atoms with van der Waals surface area (Å²) in [6.45, 7) is 7.02. The van der Waals surface area contributed by atoms with Crippen molar-refractivity contribution in [1.82, 2.24) is 14.8 Å². The Hall–Kier alpha value is -1.85. The Bertz CT molecular complexity index is 1120. The second-order valence-electron chi connectivity index (χ2n) is 6.79. The summed E-state index contributed by atoms with van der Waals surface area (Å²) in [5, 5.41) is 16.0. The van der Waals surface area contributed by atoms with Crippen LogP contribution in [0.2, 0.25) is 0 Å². The molecule has 0 saturated carbocycles. The molecule has 2 aromatic heterocycles. The molecule has 0 aliphatic heterocycles. The van der Waals surface area contributed by atoms with Gasteiger partial charge in [0.1, 0.15) is 5.69 Å². The molecule has 30 heavy (non-hydrogen) atoms. The quantitative estimate of drug-likeness (QED) is 0.431. The zero-order chi connectivity index (χ0) is 22.4. The number of benzene rings is 1. The summed E-state index contributed by atoms with van der Waals surface area (Å²) in [7, 11) is 0. The Balaban J connectivity index is 2.28. The Morgan fingerprint density at radius 2 is 1.97 bits per heavy atom. The summed E-state index contributed by atoms with van der Waals surface area (Å²) < 4.78 is 43.0. The molecule has 1 aromatic carbocycles. The molecule has 0 radical (unpaired) electrons. The Labute approximate surface area is 187 Å². The zero-order valence-electron chi connectivity index (χ0n) is 16.3. The molecule has 160 valence electrons. The molecule has 0 aliphatic rings. The van der Waals surface area contributed by atoms with Crippen molar-refractivity contribution in [1.29, 1.82) is 0 Å². The number of hydrogen-bond acceptors (Lipinski definition) is 6. The Morgan fingerprint density at radius 3 is 2.53 bits per heavy atom. The van der Waals surface area contributed by atoms with Crippen molar-refractivity contribution in [2.75, 3.05) is 0 Å². The summed E-state index contributed by atoms with van der Waals surface area (Å²) in [6.07, 6.45) is -4.56. The van der Waals surface area contributed by atoms with E-state index in [4.69, 9.17) is 0 Å². The first-order valence-electron chi connectivity index (χ1n) is 8.72. The van der Waals surface area contributed by atoms with Gasteiger partial charge in [-0.05, 0) is 35.8 Å². The lowest BCUT2D eigenvalue weighted by molar-refractivity contribution is -0.255. The van der Waals surface area contributed by atoms with Crippen LogP contribution >= 0.6 is 39.0 Å². The third-order valence-corrected chi connectivity index (χ3v) is 7.22. The first kappa shape index (κ1) is 22.8. The van der Waals surface area contributed by atoms with Crippen LogP contribution in [0.1, 0.15) is 41.2 Å². The molecule has 0 amide bonds. The number of carboxylic acids is 1. The lowest BCUT2D eigenvalue weighted by Gasteiger charge is -2.14. The zero-order valence-corrected chi connectivity index (χ0v) is 19.5. The number of carbonyl (C=O) groups excluding carboxylic acids is 1. The number of carbonyl (C=O) groups is 1. The van der Waals surface area contributed by atoms with Crippen LogP contribution in [0, 0.1) is 13.8 Å². The molecule has 0 aliphatic carbocycles. The van der Waals surface area contributed by atoms with Crippen molar-refractivity contribution in [3.05, 3.63) is 45.2 Å². The van der Waals surface area contributed by atoms with Gasteiger partial charge in [-0.3, -0.25) is 0 Å². The molecule has 0 saturated heterocycles. The van der Waals surface area contributed by atoms with Crippen molar-refractivity contribution < 1.29 is 23.1 Å². The van der Waals surface area contributed by atoms with Crippen LogP contribution in [-0.2, 0) is 6.18 Å². The number of thiazole rings is 1. The number of aromatic carboxylic acids is 1. The van der Waals surface area contributed by atoms with Gasteiger partial charge in [-0.15, -0.1) is 11.8 Å². The van der Waals surface area contributed by atoms with Gasteiger partial charge in [0.2, 0.25) is 5.13 Å². The Kier molecular flexibility index (Phi) is 6.35. The first-order chi connectivity index (χ1) is 13.9. The van der Waals surface area contributed by atoms with E-state index >= 15 is 0 Å². The van der Waals surface area contributed by atoms with E-state index in [-0.39, 0.29) is 31.8 Å². The van der Waals surface area contributed by atoms with Crippen molar-refractivity contribution in [2.45, 2.75) is 43.3 Å². The minimum Gasteiger partial charge on any atom is -0.543 e. The van der Waals surface area contributed by atoms with Crippen molar-refractivity contribution in [3.63, 3.8) is 0 Å². The molecule has 3 rings (SSSR count). The number of hydrogen-bond donors (Lipinski definition) is 0. The lowest BCUT2D eigenvalue weighted by atomic mass is 10.0. The summed E-state index contributed by atoms with van der Waals surface area (Å²) in [5.41, 5.74) is -0.0659. The summed E-state index contributed by atoms with van der Waals surface area (Å²) in [4.78, 5) is 16.0. The molecular weight excluding hydrogens is 503 g/mol. The van der Waals surface area contributed by atoms with Gasteiger partial charge in [0, 0.05) is 10.8 Å². The maximum atomic E-state index is 13.7. The van der Waals surface area contributed by atoms with Gasteiger partial charge in [0.15, 0.2) is 0 Å². The molecule has 0 fully saturated rings.